The van der Waals surface area contributed by atoms with E-state index in [4.69, 9.17) is 5.11 Å². The van der Waals surface area contributed by atoms with Crippen LogP contribution in [0.5, 0.6) is 5.75 Å². The van der Waals surface area contributed by atoms with Crippen LogP contribution in [-0.2, 0) is 14.6 Å². The van der Waals surface area contributed by atoms with Gasteiger partial charge in [0.1, 0.15) is 5.75 Å². The molecule has 1 aromatic carbocycles. The molecule has 1 heterocycles. The second-order valence-corrected chi connectivity index (χ2v) is 6.68. The van der Waals surface area contributed by atoms with E-state index in [1.807, 2.05) is 0 Å². The molecule has 0 spiro atoms. The number of phenols is 1. The minimum absolute atomic E-state index is 0.00109. The predicted molar refractivity (Wildman–Crippen MR) is 64.3 cm³/mol. The topological polar surface area (TPSA) is 91.7 Å². The number of benzene rings is 1. The van der Waals surface area contributed by atoms with E-state index in [-0.39, 0.29) is 28.7 Å². The Balaban J connectivity index is 2.38. The van der Waals surface area contributed by atoms with Crippen molar-refractivity contribution in [2.24, 2.45) is 5.92 Å². The van der Waals surface area contributed by atoms with E-state index in [0.29, 0.717) is 5.56 Å². The summed E-state index contributed by atoms with van der Waals surface area (Å²) < 4.78 is 23.8. The number of carboxylic acid groups (broad SMARTS) is 1. The summed E-state index contributed by atoms with van der Waals surface area (Å²) in [5.74, 6) is -2.00. The van der Waals surface area contributed by atoms with Gasteiger partial charge in [0.25, 0.3) is 0 Å². The van der Waals surface area contributed by atoms with Gasteiger partial charge in [-0.15, -0.1) is 0 Å². The quantitative estimate of drug-likeness (QED) is 0.865. The molecule has 18 heavy (non-hydrogen) atoms. The maximum atomic E-state index is 11.9. The van der Waals surface area contributed by atoms with E-state index in [2.05, 4.69) is 0 Å². The number of aromatic hydroxyl groups is 1. The molecule has 6 heteroatoms. The lowest BCUT2D eigenvalue weighted by Crippen LogP contribution is -2.15. The molecule has 2 rings (SSSR count). The number of hydrogen-bond donors (Lipinski definition) is 2. The van der Waals surface area contributed by atoms with Crippen LogP contribution in [0.1, 0.15) is 24.8 Å². The molecule has 0 amide bonds. The Morgan fingerprint density at radius 2 is 2.17 bits per heavy atom. The first-order valence-corrected chi connectivity index (χ1v) is 7.25. The molecule has 2 unspecified atom stereocenters. The Hall–Kier alpha value is -1.56. The van der Waals surface area contributed by atoms with Crippen LogP contribution in [0.3, 0.4) is 0 Å². The zero-order valence-corrected chi connectivity index (χ0v) is 10.6. The van der Waals surface area contributed by atoms with E-state index >= 15 is 0 Å². The van der Waals surface area contributed by atoms with Crippen molar-refractivity contribution in [2.45, 2.75) is 24.2 Å². The number of fused-ring (bicyclic) bond motifs is 1. The van der Waals surface area contributed by atoms with Crippen LogP contribution < -0.4 is 0 Å². The second-order valence-electron chi connectivity index (χ2n) is 4.68. The number of rotatable bonds is 3. The highest BCUT2D eigenvalue weighted by Crippen LogP contribution is 2.40. The third kappa shape index (κ3) is 2.20. The van der Waals surface area contributed by atoms with Gasteiger partial charge in [-0.1, -0.05) is 6.92 Å². The van der Waals surface area contributed by atoms with Gasteiger partial charge >= 0.3 is 5.97 Å². The van der Waals surface area contributed by atoms with Gasteiger partial charge in [-0.3, -0.25) is 4.79 Å². The van der Waals surface area contributed by atoms with Crippen molar-refractivity contribution >= 4 is 15.8 Å². The van der Waals surface area contributed by atoms with E-state index in [1.165, 1.54) is 18.2 Å². The van der Waals surface area contributed by atoms with Gasteiger partial charge < -0.3 is 10.2 Å². The fraction of sp³-hybridized carbons (Fsp3) is 0.417. The Morgan fingerprint density at radius 3 is 2.78 bits per heavy atom. The van der Waals surface area contributed by atoms with Crippen molar-refractivity contribution in [3.05, 3.63) is 23.8 Å². The van der Waals surface area contributed by atoms with Gasteiger partial charge in [0.15, 0.2) is 9.84 Å². The summed E-state index contributed by atoms with van der Waals surface area (Å²) in [6.07, 6.45) is 0.255. The summed E-state index contributed by atoms with van der Waals surface area (Å²) in [5.41, 5.74) is 0.531. The van der Waals surface area contributed by atoms with Crippen LogP contribution in [0.15, 0.2) is 23.1 Å². The van der Waals surface area contributed by atoms with Crippen LogP contribution in [0.2, 0.25) is 0 Å². The highest BCUT2D eigenvalue weighted by molar-refractivity contribution is 7.91. The molecule has 1 aromatic rings. The highest BCUT2D eigenvalue weighted by Gasteiger charge is 2.36. The maximum Gasteiger partial charge on any atom is 0.306 e. The Kier molecular flexibility index (Phi) is 3.06. The number of phenolic OH excluding ortho intramolecular Hbond substituents is 1. The molecule has 0 aliphatic carbocycles. The number of hydrogen-bond acceptors (Lipinski definition) is 4. The minimum Gasteiger partial charge on any atom is -0.508 e. The minimum atomic E-state index is -3.35. The molecule has 1 aliphatic heterocycles. The average molecular weight is 270 g/mol. The fourth-order valence-electron chi connectivity index (χ4n) is 2.31. The number of carbonyl (C=O) groups is 1. The summed E-state index contributed by atoms with van der Waals surface area (Å²) in [4.78, 5) is 11.0. The van der Waals surface area contributed by atoms with Crippen LogP contribution >= 0.6 is 0 Å². The maximum absolute atomic E-state index is 11.9. The summed E-state index contributed by atoms with van der Waals surface area (Å²) >= 11 is 0. The molecule has 0 radical (unpaired) electrons. The largest absolute Gasteiger partial charge is 0.508 e. The van der Waals surface area contributed by atoms with Gasteiger partial charge in [0.2, 0.25) is 0 Å². The molecule has 0 fully saturated rings. The number of sulfone groups is 1. The van der Waals surface area contributed by atoms with Crippen LogP contribution in [0.25, 0.3) is 0 Å². The molecule has 0 saturated carbocycles. The van der Waals surface area contributed by atoms with Crippen LogP contribution in [-0.4, -0.2) is 30.4 Å². The van der Waals surface area contributed by atoms with Gasteiger partial charge in [0.05, 0.1) is 16.6 Å². The van der Waals surface area contributed by atoms with Gasteiger partial charge in [-0.2, -0.15) is 0 Å². The number of carboxylic acids is 1. The molecule has 0 saturated heterocycles. The monoisotopic (exact) mass is 270 g/mol. The normalized spacial score (nSPS) is 22.4. The summed E-state index contributed by atoms with van der Waals surface area (Å²) in [6.45, 7) is 1.55. The van der Waals surface area contributed by atoms with Gasteiger partial charge in [0, 0.05) is 5.92 Å². The number of aliphatic carboxylic acids is 1. The molecule has 2 atom stereocenters. The van der Waals surface area contributed by atoms with Gasteiger partial charge in [-0.25, -0.2) is 8.42 Å². The molecule has 0 aromatic heterocycles. The molecular formula is C12H14O5S. The lowest BCUT2D eigenvalue weighted by Gasteiger charge is -2.13. The standard InChI is InChI=1S/C12H14O5S/c1-7(12(14)15)4-8-6-18(16,17)11-3-2-9(13)5-10(8)11/h2-3,5,7-8,13H,4,6H2,1H3,(H,14,15). The first-order chi connectivity index (χ1) is 8.31. The zero-order valence-electron chi connectivity index (χ0n) is 9.83. The summed E-state index contributed by atoms with van der Waals surface area (Å²) in [7, 11) is -3.35. The average Bonchev–Trinajstić information content (AvgIpc) is 2.50. The van der Waals surface area contributed by atoms with E-state index in [1.54, 1.807) is 6.92 Å². The zero-order chi connectivity index (χ0) is 13.5. The van der Waals surface area contributed by atoms with E-state index in [0.717, 1.165) is 0 Å². The summed E-state index contributed by atoms with van der Waals surface area (Å²) in [6, 6.07) is 4.13. The lowest BCUT2D eigenvalue weighted by molar-refractivity contribution is -0.141. The summed E-state index contributed by atoms with van der Waals surface area (Å²) in [5, 5.41) is 18.3. The Labute approximate surface area is 105 Å². The highest BCUT2D eigenvalue weighted by atomic mass is 32.2. The van der Waals surface area contributed by atoms with Gasteiger partial charge in [-0.05, 0) is 30.2 Å². The first-order valence-electron chi connectivity index (χ1n) is 5.59. The second kappa shape index (κ2) is 4.28. The third-order valence-electron chi connectivity index (χ3n) is 3.25. The SMILES string of the molecule is CC(CC1CS(=O)(=O)c2ccc(O)cc21)C(=O)O. The molecular weight excluding hydrogens is 256 g/mol. The molecule has 98 valence electrons. The van der Waals surface area contributed by atoms with Crippen molar-refractivity contribution in [2.75, 3.05) is 5.75 Å². The lowest BCUT2D eigenvalue weighted by atomic mass is 9.91. The Bertz CT molecular complexity index is 590. The first kappa shape index (κ1) is 12.9. The molecule has 0 bridgehead atoms. The van der Waals surface area contributed by atoms with Crippen molar-refractivity contribution in [3.8, 4) is 5.75 Å². The van der Waals surface area contributed by atoms with Crippen molar-refractivity contribution < 1.29 is 23.4 Å². The van der Waals surface area contributed by atoms with E-state index in [9.17, 15) is 18.3 Å². The molecule has 2 N–H and O–H groups in total. The third-order valence-corrected chi connectivity index (χ3v) is 5.13. The predicted octanol–water partition coefficient (Wildman–Crippen LogP) is 1.37. The smallest absolute Gasteiger partial charge is 0.306 e. The van der Waals surface area contributed by atoms with Crippen molar-refractivity contribution in [1.82, 2.24) is 0 Å². The van der Waals surface area contributed by atoms with Crippen LogP contribution in [0.4, 0.5) is 0 Å². The van der Waals surface area contributed by atoms with Crippen molar-refractivity contribution in [1.29, 1.82) is 0 Å². The van der Waals surface area contributed by atoms with E-state index < -0.39 is 21.7 Å². The molecule has 5 nitrogen and oxygen atoms in total. The van der Waals surface area contributed by atoms with Crippen molar-refractivity contribution in [3.63, 3.8) is 0 Å². The Morgan fingerprint density at radius 1 is 1.50 bits per heavy atom. The molecule has 1 aliphatic rings. The fourth-order valence-corrected chi connectivity index (χ4v) is 4.19. The van der Waals surface area contributed by atoms with Crippen LogP contribution in [0, 0.1) is 5.92 Å².